The summed E-state index contributed by atoms with van der Waals surface area (Å²) in [6, 6.07) is 4.43. The molecule has 0 aromatic heterocycles. The first-order valence-corrected chi connectivity index (χ1v) is 9.99. The van der Waals surface area contributed by atoms with E-state index < -0.39 is 6.10 Å². The summed E-state index contributed by atoms with van der Waals surface area (Å²) in [6.45, 7) is 4.78. The maximum Gasteiger partial charge on any atom is 0.165 e. The summed E-state index contributed by atoms with van der Waals surface area (Å²) in [5, 5.41) is 21.2. The van der Waals surface area contributed by atoms with Gasteiger partial charge >= 0.3 is 0 Å². The van der Waals surface area contributed by atoms with Crippen molar-refractivity contribution >= 4 is 0 Å². The Hall–Kier alpha value is -1.26. The van der Waals surface area contributed by atoms with E-state index in [9.17, 15) is 10.2 Å². The van der Waals surface area contributed by atoms with Crippen LogP contribution in [0.3, 0.4) is 0 Å². The van der Waals surface area contributed by atoms with E-state index in [4.69, 9.17) is 4.74 Å². The SMILES string of the molecule is C[C@@]12CC[C@H](O)C3Oc4c(O)ccc5c4[C@@]31CCN(CC1CC1)C2C5. The minimum Gasteiger partial charge on any atom is -0.504 e. The molecular weight excluding hydrogens is 314 g/mol. The van der Waals surface area contributed by atoms with Gasteiger partial charge in [0.25, 0.3) is 0 Å². The van der Waals surface area contributed by atoms with Gasteiger partial charge in [0.15, 0.2) is 11.5 Å². The largest absolute Gasteiger partial charge is 0.504 e. The number of aliphatic hydroxyl groups is 1. The lowest BCUT2D eigenvalue weighted by molar-refractivity contribution is -0.153. The number of aromatic hydroxyl groups is 1. The van der Waals surface area contributed by atoms with Gasteiger partial charge in [0, 0.05) is 23.6 Å². The zero-order valence-corrected chi connectivity index (χ0v) is 14.9. The molecule has 1 saturated heterocycles. The smallest absolute Gasteiger partial charge is 0.165 e. The number of hydrogen-bond donors (Lipinski definition) is 2. The van der Waals surface area contributed by atoms with Crippen LogP contribution in [0, 0.1) is 11.3 Å². The molecule has 4 heteroatoms. The van der Waals surface area contributed by atoms with Crippen LogP contribution in [0.15, 0.2) is 12.1 Å². The minimum atomic E-state index is -0.429. The van der Waals surface area contributed by atoms with E-state index in [0.717, 1.165) is 38.1 Å². The van der Waals surface area contributed by atoms with Crippen LogP contribution < -0.4 is 4.74 Å². The molecule has 0 amide bonds. The molecule has 2 N–H and O–H groups in total. The van der Waals surface area contributed by atoms with Crippen LogP contribution in [-0.2, 0) is 11.8 Å². The Labute approximate surface area is 148 Å². The van der Waals surface area contributed by atoms with Gasteiger partial charge in [0.05, 0.1) is 6.10 Å². The van der Waals surface area contributed by atoms with Crippen molar-refractivity contribution in [2.45, 2.75) is 69.1 Å². The average Bonchev–Trinajstić information content (AvgIpc) is 3.32. The standard InChI is InChI=1S/C21H27NO3/c1-20-7-6-15(24)19-21(20)8-9-22(11-12-2-3-12)16(20)10-13-4-5-14(23)18(25-19)17(13)21/h4-5,12,15-16,19,23-24H,2-3,6-11H2,1H3/t15-,16?,19?,20-,21-/m0/s1. The Kier molecular flexibility index (Phi) is 2.69. The van der Waals surface area contributed by atoms with Gasteiger partial charge in [-0.25, -0.2) is 0 Å². The molecule has 1 spiro atoms. The van der Waals surface area contributed by atoms with Gasteiger partial charge in [-0.1, -0.05) is 13.0 Å². The van der Waals surface area contributed by atoms with Crippen molar-refractivity contribution in [2.24, 2.45) is 11.3 Å². The number of piperidine rings is 1. The van der Waals surface area contributed by atoms with Crippen LogP contribution in [0.25, 0.3) is 0 Å². The number of hydrogen-bond acceptors (Lipinski definition) is 4. The van der Waals surface area contributed by atoms with E-state index in [1.165, 1.54) is 30.5 Å². The summed E-state index contributed by atoms with van der Waals surface area (Å²) in [6.07, 6.45) is 6.11. The third-order valence-corrected chi connectivity index (χ3v) is 8.30. The number of ether oxygens (including phenoxy) is 1. The highest BCUT2D eigenvalue weighted by molar-refractivity contribution is 5.61. The van der Waals surface area contributed by atoms with Crippen molar-refractivity contribution in [3.63, 3.8) is 0 Å². The second-order valence-corrected chi connectivity index (χ2v) is 9.39. The molecular formula is C21H27NO3. The molecule has 6 rings (SSSR count). The van der Waals surface area contributed by atoms with Gasteiger partial charge in [0.1, 0.15) is 6.10 Å². The number of phenols is 1. The highest BCUT2D eigenvalue weighted by Gasteiger charge is 2.71. The maximum atomic E-state index is 10.8. The third kappa shape index (κ3) is 1.62. The van der Waals surface area contributed by atoms with E-state index >= 15 is 0 Å². The fourth-order valence-electron chi connectivity index (χ4n) is 6.91. The fraction of sp³-hybridized carbons (Fsp3) is 0.714. The van der Waals surface area contributed by atoms with Crippen molar-refractivity contribution in [3.05, 3.63) is 23.3 Å². The Balaban J connectivity index is 1.57. The quantitative estimate of drug-likeness (QED) is 0.868. The van der Waals surface area contributed by atoms with Crippen molar-refractivity contribution < 1.29 is 14.9 Å². The van der Waals surface area contributed by atoms with Crippen LogP contribution in [0.2, 0.25) is 0 Å². The molecule has 3 aliphatic carbocycles. The molecule has 0 radical (unpaired) electrons. The van der Waals surface area contributed by atoms with Crippen molar-refractivity contribution in [1.82, 2.24) is 4.90 Å². The Morgan fingerprint density at radius 3 is 2.88 bits per heavy atom. The lowest BCUT2D eigenvalue weighted by Gasteiger charge is -2.65. The summed E-state index contributed by atoms with van der Waals surface area (Å²) in [5.41, 5.74) is 2.57. The van der Waals surface area contributed by atoms with Crippen LogP contribution >= 0.6 is 0 Å². The number of phenolic OH excluding ortho intramolecular Hbond substituents is 1. The highest BCUT2D eigenvalue weighted by atomic mass is 16.5. The fourth-order valence-corrected chi connectivity index (χ4v) is 6.91. The van der Waals surface area contributed by atoms with Gasteiger partial charge < -0.3 is 14.9 Å². The second kappa shape index (κ2) is 4.52. The van der Waals surface area contributed by atoms with Gasteiger partial charge in [-0.05, 0) is 68.0 Å². The molecule has 2 unspecified atom stereocenters. The van der Waals surface area contributed by atoms with E-state index in [-0.39, 0.29) is 22.7 Å². The number of rotatable bonds is 2. The predicted octanol–water partition coefficient (Wildman–Crippen LogP) is 2.59. The lowest BCUT2D eigenvalue weighted by atomic mass is 9.44. The molecule has 2 bridgehead atoms. The lowest BCUT2D eigenvalue weighted by Crippen LogP contribution is -2.72. The summed E-state index contributed by atoms with van der Waals surface area (Å²) in [5.74, 6) is 1.82. The Morgan fingerprint density at radius 2 is 2.08 bits per heavy atom. The molecule has 1 aromatic carbocycles. The first kappa shape index (κ1) is 14.9. The molecule has 2 saturated carbocycles. The summed E-state index contributed by atoms with van der Waals surface area (Å²) < 4.78 is 6.30. The number of nitrogens with zero attached hydrogens (tertiary/aromatic N) is 1. The molecule has 5 aliphatic rings. The van der Waals surface area contributed by atoms with Gasteiger partial charge in [-0.2, -0.15) is 0 Å². The van der Waals surface area contributed by atoms with E-state index in [0.29, 0.717) is 11.8 Å². The molecule has 25 heavy (non-hydrogen) atoms. The number of aliphatic hydroxyl groups excluding tert-OH is 1. The minimum absolute atomic E-state index is 0.121. The molecule has 3 fully saturated rings. The van der Waals surface area contributed by atoms with Crippen molar-refractivity contribution in [3.8, 4) is 11.5 Å². The third-order valence-electron chi connectivity index (χ3n) is 8.30. The zero-order chi connectivity index (χ0) is 17.0. The molecule has 2 aliphatic heterocycles. The number of benzene rings is 1. The van der Waals surface area contributed by atoms with Crippen LogP contribution in [0.4, 0.5) is 0 Å². The van der Waals surface area contributed by atoms with E-state index in [1.807, 2.05) is 0 Å². The Morgan fingerprint density at radius 1 is 1.24 bits per heavy atom. The number of likely N-dealkylation sites (tertiary alicyclic amines) is 1. The average molecular weight is 341 g/mol. The Bertz CT molecular complexity index is 760. The van der Waals surface area contributed by atoms with Crippen LogP contribution in [-0.4, -0.2) is 46.5 Å². The van der Waals surface area contributed by atoms with Crippen LogP contribution in [0.5, 0.6) is 11.5 Å². The van der Waals surface area contributed by atoms with Gasteiger partial charge in [-0.3, -0.25) is 4.90 Å². The summed E-state index contributed by atoms with van der Waals surface area (Å²) >= 11 is 0. The molecule has 134 valence electrons. The maximum absolute atomic E-state index is 10.8. The topological polar surface area (TPSA) is 52.9 Å². The predicted molar refractivity (Wildman–Crippen MR) is 94.0 cm³/mol. The van der Waals surface area contributed by atoms with Crippen molar-refractivity contribution in [2.75, 3.05) is 13.1 Å². The monoisotopic (exact) mass is 341 g/mol. The van der Waals surface area contributed by atoms with E-state index in [1.54, 1.807) is 6.07 Å². The molecule has 5 atom stereocenters. The van der Waals surface area contributed by atoms with Gasteiger partial charge in [-0.15, -0.1) is 0 Å². The normalized spacial score (nSPS) is 44.3. The van der Waals surface area contributed by atoms with E-state index in [2.05, 4.69) is 17.9 Å². The first-order valence-electron chi connectivity index (χ1n) is 9.99. The highest BCUT2D eigenvalue weighted by Crippen LogP contribution is 2.69. The first-order chi connectivity index (χ1) is 12.0. The second-order valence-electron chi connectivity index (χ2n) is 9.39. The van der Waals surface area contributed by atoms with Crippen molar-refractivity contribution in [1.29, 1.82) is 0 Å². The molecule has 1 aromatic rings. The van der Waals surface area contributed by atoms with Gasteiger partial charge in [0.2, 0.25) is 0 Å². The zero-order valence-electron chi connectivity index (χ0n) is 14.9. The molecule has 4 nitrogen and oxygen atoms in total. The van der Waals surface area contributed by atoms with Crippen LogP contribution in [0.1, 0.15) is 50.2 Å². The summed E-state index contributed by atoms with van der Waals surface area (Å²) in [4.78, 5) is 2.76. The molecule has 2 heterocycles. The summed E-state index contributed by atoms with van der Waals surface area (Å²) in [7, 11) is 0.